The Balaban J connectivity index is 2.74. The molecule has 0 N–H and O–H groups in total. The predicted octanol–water partition coefficient (Wildman–Crippen LogP) is 4.56. The Bertz CT molecular complexity index is 551. The molecule has 2 aromatic rings. The van der Waals surface area contributed by atoms with E-state index >= 15 is 0 Å². The van der Waals surface area contributed by atoms with Gasteiger partial charge >= 0.3 is 6.18 Å². The first kappa shape index (κ1) is 11.5. The normalized spacial score (nSPS) is 12.1. The van der Waals surface area contributed by atoms with E-state index in [1.807, 2.05) is 0 Å². The summed E-state index contributed by atoms with van der Waals surface area (Å²) in [6.07, 6.45) is -4.50. The second-order valence-corrected chi connectivity index (χ2v) is 3.99. The van der Waals surface area contributed by atoms with Crippen LogP contribution in [-0.2, 0) is 6.18 Å². The third-order valence-corrected chi connectivity index (χ3v) is 2.56. The third-order valence-electron chi connectivity index (χ3n) is 2.01. The molecule has 1 nitrogen and oxygen atoms in total. The summed E-state index contributed by atoms with van der Waals surface area (Å²) in [6.45, 7) is 0. The van der Waals surface area contributed by atoms with E-state index in [0.29, 0.717) is 10.4 Å². The predicted molar refractivity (Wildman–Crippen MR) is 56.8 cm³/mol. The van der Waals surface area contributed by atoms with Gasteiger partial charge < -0.3 is 0 Å². The molecule has 16 heavy (non-hydrogen) atoms. The zero-order valence-corrected chi connectivity index (χ0v) is 9.16. The molecule has 1 aromatic carbocycles. The summed E-state index contributed by atoms with van der Waals surface area (Å²) in [5, 5.41) is 0.790. The molecule has 0 aliphatic carbocycles. The Morgan fingerprint density at radius 3 is 2.38 bits per heavy atom. The molecule has 0 bridgehead atoms. The van der Waals surface area contributed by atoms with Gasteiger partial charge in [-0.1, -0.05) is 23.2 Å². The van der Waals surface area contributed by atoms with Crippen molar-refractivity contribution in [3.05, 3.63) is 40.0 Å². The lowest BCUT2D eigenvalue weighted by Crippen LogP contribution is -2.07. The summed E-state index contributed by atoms with van der Waals surface area (Å²) in [6, 6.07) is 5.14. The summed E-state index contributed by atoms with van der Waals surface area (Å²) >= 11 is 11.5. The molecule has 6 heteroatoms. The van der Waals surface area contributed by atoms with Crippen LogP contribution >= 0.6 is 23.2 Å². The number of hydrogen-bond donors (Lipinski definition) is 0. The first-order valence-electron chi connectivity index (χ1n) is 4.21. The Hall–Kier alpha value is -1.00. The van der Waals surface area contributed by atoms with Crippen LogP contribution in [0.1, 0.15) is 5.69 Å². The quantitative estimate of drug-likeness (QED) is 0.681. The number of aromatic nitrogens is 1. The Morgan fingerprint density at radius 1 is 1.06 bits per heavy atom. The molecule has 2 rings (SSSR count). The highest BCUT2D eigenvalue weighted by Gasteiger charge is 2.33. The molecule has 0 unspecified atom stereocenters. The SMILES string of the molecule is FC(F)(F)c1cc(Cl)c2cc(Cl)ccc2n1. The second-order valence-electron chi connectivity index (χ2n) is 3.15. The summed E-state index contributed by atoms with van der Waals surface area (Å²) < 4.78 is 37.3. The maximum absolute atomic E-state index is 12.4. The lowest BCUT2D eigenvalue weighted by atomic mass is 10.2. The molecule has 0 saturated carbocycles. The van der Waals surface area contributed by atoms with Gasteiger partial charge in [-0.3, -0.25) is 0 Å². The summed E-state index contributed by atoms with van der Waals surface area (Å²) in [5.74, 6) is 0. The molecular formula is C10H4Cl2F3N. The van der Waals surface area contributed by atoms with Crippen LogP contribution in [0.2, 0.25) is 10.0 Å². The van der Waals surface area contributed by atoms with Crippen LogP contribution in [0.3, 0.4) is 0 Å². The van der Waals surface area contributed by atoms with Crippen molar-refractivity contribution in [1.29, 1.82) is 0 Å². The molecule has 1 heterocycles. The number of alkyl halides is 3. The van der Waals surface area contributed by atoms with Crippen molar-refractivity contribution < 1.29 is 13.2 Å². The van der Waals surface area contributed by atoms with Gasteiger partial charge in [0.05, 0.1) is 10.5 Å². The minimum absolute atomic E-state index is 0.0141. The third kappa shape index (κ3) is 2.08. The highest BCUT2D eigenvalue weighted by molar-refractivity contribution is 6.36. The van der Waals surface area contributed by atoms with Gasteiger partial charge in [0.15, 0.2) is 0 Å². The van der Waals surface area contributed by atoms with Crippen LogP contribution in [0.5, 0.6) is 0 Å². The van der Waals surface area contributed by atoms with Crippen molar-refractivity contribution in [2.24, 2.45) is 0 Å². The van der Waals surface area contributed by atoms with Gasteiger partial charge in [-0.15, -0.1) is 0 Å². The monoisotopic (exact) mass is 265 g/mol. The number of pyridine rings is 1. The molecule has 0 atom stereocenters. The Labute approximate surface area is 98.8 Å². The number of benzene rings is 1. The minimum Gasteiger partial charge on any atom is -0.243 e. The van der Waals surface area contributed by atoms with Crippen LogP contribution < -0.4 is 0 Å². The van der Waals surface area contributed by atoms with Gasteiger partial charge in [-0.25, -0.2) is 4.98 Å². The molecule has 0 radical (unpaired) electrons. The zero-order chi connectivity index (χ0) is 11.9. The van der Waals surface area contributed by atoms with Gasteiger partial charge in [0.25, 0.3) is 0 Å². The molecule has 0 aliphatic rings. The van der Waals surface area contributed by atoms with Gasteiger partial charge in [-0.05, 0) is 24.3 Å². The number of rotatable bonds is 0. The van der Waals surface area contributed by atoms with E-state index in [0.717, 1.165) is 6.07 Å². The summed E-state index contributed by atoms with van der Waals surface area (Å²) in [7, 11) is 0. The fourth-order valence-corrected chi connectivity index (χ4v) is 1.73. The largest absolute Gasteiger partial charge is 0.433 e. The molecule has 84 valence electrons. The molecule has 1 aromatic heterocycles. The topological polar surface area (TPSA) is 12.9 Å². The van der Waals surface area contributed by atoms with Crippen molar-refractivity contribution in [1.82, 2.24) is 4.98 Å². The molecule has 0 spiro atoms. The smallest absolute Gasteiger partial charge is 0.243 e. The lowest BCUT2D eigenvalue weighted by Gasteiger charge is -2.08. The maximum atomic E-state index is 12.4. The van der Waals surface area contributed by atoms with E-state index in [9.17, 15) is 13.2 Å². The van der Waals surface area contributed by atoms with Crippen molar-refractivity contribution in [3.63, 3.8) is 0 Å². The molecule has 0 fully saturated rings. The van der Waals surface area contributed by atoms with E-state index < -0.39 is 11.9 Å². The minimum atomic E-state index is -4.50. The van der Waals surface area contributed by atoms with E-state index in [-0.39, 0.29) is 10.5 Å². The Morgan fingerprint density at radius 2 is 1.75 bits per heavy atom. The van der Waals surface area contributed by atoms with Crippen LogP contribution in [0.4, 0.5) is 13.2 Å². The zero-order valence-electron chi connectivity index (χ0n) is 7.65. The molecule has 0 amide bonds. The molecule has 0 aliphatic heterocycles. The number of nitrogens with zero attached hydrogens (tertiary/aromatic N) is 1. The number of fused-ring (bicyclic) bond motifs is 1. The number of hydrogen-bond acceptors (Lipinski definition) is 1. The summed E-state index contributed by atoms with van der Waals surface area (Å²) in [4.78, 5) is 3.48. The highest BCUT2D eigenvalue weighted by Crippen LogP contribution is 2.33. The van der Waals surface area contributed by atoms with Gasteiger partial charge in [0.1, 0.15) is 5.69 Å². The van der Waals surface area contributed by atoms with Crippen molar-refractivity contribution >= 4 is 34.1 Å². The molecular weight excluding hydrogens is 262 g/mol. The van der Waals surface area contributed by atoms with E-state index in [1.54, 1.807) is 0 Å². The van der Waals surface area contributed by atoms with Gasteiger partial charge in [0, 0.05) is 10.4 Å². The van der Waals surface area contributed by atoms with E-state index in [4.69, 9.17) is 23.2 Å². The second kappa shape index (κ2) is 3.79. The van der Waals surface area contributed by atoms with Crippen LogP contribution in [0, 0.1) is 0 Å². The Kier molecular flexibility index (Phi) is 2.72. The fourth-order valence-electron chi connectivity index (χ4n) is 1.30. The maximum Gasteiger partial charge on any atom is 0.433 e. The standard InChI is InChI=1S/C10H4Cl2F3N/c11-5-1-2-8-6(3-5)7(12)4-9(16-8)10(13,14)15/h1-4H. The highest BCUT2D eigenvalue weighted by atomic mass is 35.5. The van der Waals surface area contributed by atoms with Crippen molar-refractivity contribution in [3.8, 4) is 0 Å². The first-order valence-corrected chi connectivity index (χ1v) is 4.96. The van der Waals surface area contributed by atoms with Gasteiger partial charge in [0.2, 0.25) is 0 Å². The van der Waals surface area contributed by atoms with E-state index in [2.05, 4.69) is 4.98 Å². The average Bonchev–Trinajstić information content (AvgIpc) is 2.17. The first-order chi connectivity index (χ1) is 7.38. The van der Waals surface area contributed by atoms with Crippen LogP contribution in [0.15, 0.2) is 24.3 Å². The van der Waals surface area contributed by atoms with Crippen molar-refractivity contribution in [2.75, 3.05) is 0 Å². The van der Waals surface area contributed by atoms with Crippen LogP contribution in [0.25, 0.3) is 10.9 Å². The van der Waals surface area contributed by atoms with E-state index in [1.165, 1.54) is 18.2 Å². The van der Waals surface area contributed by atoms with Crippen LogP contribution in [-0.4, -0.2) is 4.98 Å². The number of halogens is 5. The fraction of sp³-hybridized carbons (Fsp3) is 0.100. The molecule has 0 saturated heterocycles. The summed E-state index contributed by atoms with van der Waals surface area (Å²) in [5.41, 5.74) is -0.837. The van der Waals surface area contributed by atoms with Crippen molar-refractivity contribution in [2.45, 2.75) is 6.18 Å². The lowest BCUT2D eigenvalue weighted by molar-refractivity contribution is -0.140. The average molecular weight is 266 g/mol. The van der Waals surface area contributed by atoms with Gasteiger partial charge in [-0.2, -0.15) is 13.2 Å².